The van der Waals surface area contributed by atoms with Crippen LogP contribution in [0.25, 0.3) is 0 Å². The average Bonchev–Trinajstić information content (AvgIpc) is 3.17. The van der Waals surface area contributed by atoms with Crippen molar-refractivity contribution in [3.63, 3.8) is 0 Å². The highest BCUT2D eigenvalue weighted by molar-refractivity contribution is 7.99. The lowest BCUT2D eigenvalue weighted by molar-refractivity contribution is -0.119. The normalized spacial score (nSPS) is 20.4. The smallest absolute Gasteiger partial charge is 0.230 e. The number of hydrogen-bond acceptors (Lipinski definition) is 4. The fourth-order valence-electron chi connectivity index (χ4n) is 2.51. The van der Waals surface area contributed by atoms with Gasteiger partial charge in [0.05, 0.1) is 5.75 Å². The lowest BCUT2D eigenvalue weighted by Gasteiger charge is -2.22. The number of H-pyrrole nitrogens is 1. The van der Waals surface area contributed by atoms with Crippen LogP contribution in [0.1, 0.15) is 56.7 Å². The third kappa shape index (κ3) is 3.72. The quantitative estimate of drug-likeness (QED) is 0.811. The summed E-state index contributed by atoms with van der Waals surface area (Å²) in [6.07, 6.45) is 8.46. The molecule has 2 aliphatic rings. The number of carbonyl (C=O) groups is 1. The fourth-order valence-corrected chi connectivity index (χ4v) is 3.13. The summed E-state index contributed by atoms with van der Waals surface area (Å²) in [6, 6.07) is 0.385. The number of thioether (sulfide) groups is 1. The third-order valence-corrected chi connectivity index (χ3v) is 4.60. The molecule has 5 nitrogen and oxygen atoms in total. The summed E-state index contributed by atoms with van der Waals surface area (Å²) in [6.45, 7) is 0. The minimum atomic E-state index is 0.106. The van der Waals surface area contributed by atoms with Crippen LogP contribution in [0.2, 0.25) is 0 Å². The fraction of sp³-hybridized carbons (Fsp3) is 0.769. The third-order valence-electron chi connectivity index (χ3n) is 3.75. The first-order valence-corrected chi connectivity index (χ1v) is 8.14. The van der Waals surface area contributed by atoms with Crippen LogP contribution in [0.5, 0.6) is 0 Å². The van der Waals surface area contributed by atoms with Gasteiger partial charge in [-0.15, -0.1) is 5.10 Å². The van der Waals surface area contributed by atoms with Crippen LogP contribution < -0.4 is 5.32 Å². The maximum Gasteiger partial charge on any atom is 0.230 e. The molecule has 2 N–H and O–H groups in total. The van der Waals surface area contributed by atoms with Crippen molar-refractivity contribution < 1.29 is 4.79 Å². The van der Waals surface area contributed by atoms with E-state index in [1.165, 1.54) is 43.9 Å². The van der Waals surface area contributed by atoms with E-state index in [2.05, 4.69) is 20.5 Å². The molecule has 6 heteroatoms. The number of rotatable bonds is 5. The molecule has 2 fully saturated rings. The van der Waals surface area contributed by atoms with Gasteiger partial charge in [0.1, 0.15) is 5.82 Å². The molecule has 19 heavy (non-hydrogen) atoms. The van der Waals surface area contributed by atoms with Crippen LogP contribution in [0.15, 0.2) is 5.16 Å². The van der Waals surface area contributed by atoms with E-state index in [4.69, 9.17) is 0 Å². The minimum Gasteiger partial charge on any atom is -0.353 e. The predicted molar refractivity (Wildman–Crippen MR) is 74.1 cm³/mol. The molecule has 0 unspecified atom stereocenters. The van der Waals surface area contributed by atoms with Gasteiger partial charge in [-0.1, -0.05) is 31.0 Å². The van der Waals surface area contributed by atoms with Crippen molar-refractivity contribution in [2.24, 2.45) is 0 Å². The lowest BCUT2D eigenvalue weighted by atomic mass is 9.95. The van der Waals surface area contributed by atoms with Crippen LogP contribution in [0.3, 0.4) is 0 Å². The molecule has 0 spiro atoms. The Morgan fingerprint density at radius 3 is 2.79 bits per heavy atom. The average molecular weight is 280 g/mol. The summed E-state index contributed by atoms with van der Waals surface area (Å²) in [5.41, 5.74) is 0. The summed E-state index contributed by atoms with van der Waals surface area (Å²) < 4.78 is 0. The Morgan fingerprint density at radius 1 is 1.26 bits per heavy atom. The lowest BCUT2D eigenvalue weighted by Crippen LogP contribution is -2.37. The summed E-state index contributed by atoms with van der Waals surface area (Å²) in [5.74, 6) is 2.08. The van der Waals surface area contributed by atoms with Crippen molar-refractivity contribution in [2.45, 2.75) is 62.1 Å². The number of carbonyl (C=O) groups excluding carboxylic acids is 1. The standard InChI is InChI=1S/C13H20N4OS/c18-11(14-10-4-2-1-3-5-10)8-19-13-15-12(16-17-13)9-6-7-9/h9-10H,1-8H2,(H,14,18)(H,15,16,17). The Bertz CT molecular complexity index is 438. The molecular weight excluding hydrogens is 260 g/mol. The van der Waals surface area contributed by atoms with Gasteiger partial charge in [-0.05, 0) is 25.7 Å². The van der Waals surface area contributed by atoms with Gasteiger partial charge in [-0.2, -0.15) is 0 Å². The van der Waals surface area contributed by atoms with Crippen molar-refractivity contribution in [3.05, 3.63) is 5.82 Å². The Labute approximate surface area is 117 Å². The Balaban J connectivity index is 1.41. The number of nitrogens with one attached hydrogen (secondary N) is 2. The molecule has 1 aromatic rings. The molecule has 1 aromatic heterocycles. The van der Waals surface area contributed by atoms with E-state index in [-0.39, 0.29) is 5.91 Å². The minimum absolute atomic E-state index is 0.106. The SMILES string of the molecule is O=C(CSc1n[nH]c(C2CC2)n1)NC1CCCCC1. The van der Waals surface area contributed by atoms with Crippen molar-refractivity contribution in [3.8, 4) is 0 Å². The first-order chi connectivity index (χ1) is 9.31. The van der Waals surface area contributed by atoms with Gasteiger partial charge >= 0.3 is 0 Å². The van der Waals surface area contributed by atoms with Crippen LogP contribution in [0, 0.1) is 0 Å². The second-order valence-electron chi connectivity index (χ2n) is 5.47. The topological polar surface area (TPSA) is 70.7 Å². The van der Waals surface area contributed by atoms with Gasteiger partial charge in [0.15, 0.2) is 0 Å². The molecule has 104 valence electrons. The summed E-state index contributed by atoms with van der Waals surface area (Å²) >= 11 is 1.42. The van der Waals surface area contributed by atoms with Crippen LogP contribution in [-0.4, -0.2) is 32.9 Å². The summed E-state index contributed by atoms with van der Waals surface area (Å²) in [4.78, 5) is 16.2. The van der Waals surface area contributed by atoms with Crippen molar-refractivity contribution in [1.29, 1.82) is 0 Å². The predicted octanol–water partition coefficient (Wildman–Crippen LogP) is 2.22. The Hall–Kier alpha value is -1.04. The maximum absolute atomic E-state index is 11.8. The zero-order valence-corrected chi connectivity index (χ0v) is 11.8. The number of hydrogen-bond donors (Lipinski definition) is 2. The van der Waals surface area contributed by atoms with Gasteiger partial charge < -0.3 is 5.32 Å². The molecular formula is C13H20N4OS. The number of aromatic amines is 1. The molecule has 3 rings (SSSR count). The molecule has 0 atom stereocenters. The van der Waals surface area contributed by atoms with Crippen molar-refractivity contribution >= 4 is 17.7 Å². The molecule has 0 aliphatic heterocycles. The van der Waals surface area contributed by atoms with E-state index in [0.29, 0.717) is 22.9 Å². The molecule has 0 bridgehead atoms. The Kier molecular flexibility index (Phi) is 4.06. The Morgan fingerprint density at radius 2 is 2.05 bits per heavy atom. The second-order valence-corrected chi connectivity index (χ2v) is 6.41. The summed E-state index contributed by atoms with van der Waals surface area (Å²) in [5, 5.41) is 10.9. The van der Waals surface area contributed by atoms with E-state index in [1.54, 1.807) is 0 Å². The van der Waals surface area contributed by atoms with Crippen molar-refractivity contribution in [1.82, 2.24) is 20.5 Å². The molecule has 0 saturated heterocycles. The molecule has 0 aromatic carbocycles. The van der Waals surface area contributed by atoms with Crippen LogP contribution in [0.4, 0.5) is 0 Å². The molecule has 2 saturated carbocycles. The first-order valence-electron chi connectivity index (χ1n) is 7.16. The van der Waals surface area contributed by atoms with E-state index < -0.39 is 0 Å². The molecule has 2 aliphatic carbocycles. The van der Waals surface area contributed by atoms with Crippen molar-refractivity contribution in [2.75, 3.05) is 5.75 Å². The van der Waals surface area contributed by atoms with E-state index in [9.17, 15) is 4.79 Å². The van der Waals surface area contributed by atoms with Gasteiger partial charge in [-0.25, -0.2) is 4.98 Å². The number of amides is 1. The maximum atomic E-state index is 11.8. The van der Waals surface area contributed by atoms with E-state index in [1.807, 2.05) is 0 Å². The highest BCUT2D eigenvalue weighted by atomic mass is 32.2. The zero-order chi connectivity index (χ0) is 13.1. The largest absolute Gasteiger partial charge is 0.353 e. The van der Waals surface area contributed by atoms with Gasteiger partial charge in [-0.3, -0.25) is 9.89 Å². The zero-order valence-electron chi connectivity index (χ0n) is 11.0. The highest BCUT2D eigenvalue weighted by Crippen LogP contribution is 2.38. The van der Waals surface area contributed by atoms with E-state index >= 15 is 0 Å². The molecule has 1 amide bonds. The number of aromatic nitrogens is 3. The summed E-state index contributed by atoms with van der Waals surface area (Å²) in [7, 11) is 0. The number of nitrogens with zero attached hydrogens (tertiary/aromatic N) is 2. The van der Waals surface area contributed by atoms with Crippen LogP contribution >= 0.6 is 11.8 Å². The molecule has 1 heterocycles. The highest BCUT2D eigenvalue weighted by Gasteiger charge is 2.27. The molecule has 0 radical (unpaired) electrons. The van der Waals surface area contributed by atoms with Gasteiger partial charge in [0.25, 0.3) is 0 Å². The second kappa shape index (κ2) is 5.94. The van der Waals surface area contributed by atoms with Crippen LogP contribution in [-0.2, 0) is 4.79 Å². The van der Waals surface area contributed by atoms with Gasteiger partial charge in [0, 0.05) is 12.0 Å². The first kappa shape index (κ1) is 13.0. The van der Waals surface area contributed by atoms with Gasteiger partial charge in [0.2, 0.25) is 11.1 Å². The monoisotopic (exact) mass is 280 g/mol. The van der Waals surface area contributed by atoms with E-state index in [0.717, 1.165) is 18.7 Å².